The lowest BCUT2D eigenvalue weighted by Crippen LogP contribution is -2.57. The smallest absolute Gasteiger partial charge is 0.142 e. The van der Waals surface area contributed by atoms with Crippen LogP contribution < -0.4 is 4.90 Å². The first-order valence-corrected chi connectivity index (χ1v) is 10.6. The van der Waals surface area contributed by atoms with Crippen molar-refractivity contribution in [2.75, 3.05) is 24.5 Å². The molecule has 0 radical (unpaired) electrons. The highest BCUT2D eigenvalue weighted by molar-refractivity contribution is 7.79. The molecule has 2 fully saturated rings. The van der Waals surface area contributed by atoms with Gasteiger partial charge < -0.3 is 14.4 Å². The highest BCUT2D eigenvalue weighted by atomic mass is 32.2. The van der Waals surface area contributed by atoms with Crippen molar-refractivity contribution in [3.63, 3.8) is 0 Å². The molecule has 2 atom stereocenters. The number of piperazine rings is 1. The number of fused-ring (bicyclic) bond motifs is 1. The summed E-state index contributed by atoms with van der Waals surface area (Å²) in [4.78, 5) is 16.2. The molecule has 0 amide bonds. The second-order valence-corrected chi connectivity index (χ2v) is 8.59. The molecule has 2 aromatic heterocycles. The molecular formula is C20H19N6O2S-. The summed E-state index contributed by atoms with van der Waals surface area (Å²) in [6.45, 7) is 1.99. The van der Waals surface area contributed by atoms with Crippen molar-refractivity contribution in [3.05, 3.63) is 54.0 Å². The second-order valence-electron chi connectivity index (χ2n) is 7.63. The Morgan fingerprint density at radius 2 is 2.14 bits per heavy atom. The van der Waals surface area contributed by atoms with Gasteiger partial charge in [-0.1, -0.05) is 12.1 Å². The molecule has 8 nitrogen and oxygen atoms in total. The van der Waals surface area contributed by atoms with Crippen LogP contribution in [0.15, 0.2) is 42.9 Å². The van der Waals surface area contributed by atoms with Crippen LogP contribution in [0.25, 0.3) is 11.0 Å². The molecule has 2 aliphatic rings. The van der Waals surface area contributed by atoms with Crippen LogP contribution in [0.2, 0.25) is 0 Å². The van der Waals surface area contributed by atoms with Crippen LogP contribution in [-0.4, -0.2) is 53.8 Å². The minimum Gasteiger partial charge on any atom is -0.771 e. The quantitative estimate of drug-likeness (QED) is 0.659. The van der Waals surface area contributed by atoms with Crippen molar-refractivity contribution >= 4 is 27.9 Å². The monoisotopic (exact) mass is 407 g/mol. The van der Waals surface area contributed by atoms with Gasteiger partial charge in [0.05, 0.1) is 22.4 Å². The predicted octanol–water partition coefficient (Wildman–Crippen LogP) is 2.06. The number of rotatable bonds is 4. The summed E-state index contributed by atoms with van der Waals surface area (Å²) in [5.41, 5.74) is 1.72. The average molecular weight is 407 g/mol. The largest absolute Gasteiger partial charge is 0.771 e. The first kappa shape index (κ1) is 18.2. The van der Waals surface area contributed by atoms with Gasteiger partial charge in [0.25, 0.3) is 0 Å². The van der Waals surface area contributed by atoms with E-state index < -0.39 is 16.5 Å². The van der Waals surface area contributed by atoms with Crippen molar-refractivity contribution in [1.29, 1.82) is 5.26 Å². The molecule has 1 aliphatic carbocycles. The standard InChI is InChI=1S/C20H20N6O2S/c21-11-14-2-1-3-15(10-14)19(29(27)28)26-9-8-25(12-20(26)5-6-20)18-16-4-7-22-17(16)23-13-24-18/h1-4,7,10,13,19H,5-6,8-9,12H2,(H,27,28)(H,22,23,24)/p-1. The van der Waals surface area contributed by atoms with Crippen molar-refractivity contribution in [2.24, 2.45) is 0 Å². The summed E-state index contributed by atoms with van der Waals surface area (Å²) in [6, 6.07) is 11.0. The molecule has 5 rings (SSSR count). The summed E-state index contributed by atoms with van der Waals surface area (Å²) in [5, 5.41) is 9.41. The van der Waals surface area contributed by atoms with E-state index in [0.29, 0.717) is 24.2 Å². The Balaban J connectivity index is 1.47. The predicted molar refractivity (Wildman–Crippen MR) is 108 cm³/mol. The summed E-state index contributed by atoms with van der Waals surface area (Å²) in [7, 11) is 0. The van der Waals surface area contributed by atoms with Crippen LogP contribution in [-0.2, 0) is 11.1 Å². The molecule has 1 aliphatic heterocycles. The normalized spacial score (nSPS) is 20.5. The van der Waals surface area contributed by atoms with E-state index in [2.05, 4.69) is 30.8 Å². The minimum atomic E-state index is -2.32. The lowest BCUT2D eigenvalue weighted by molar-refractivity contribution is 0.137. The SMILES string of the molecule is N#Cc1cccc(C(N2CCN(c3ncnc4[nH]ccc34)CC23CC3)S(=O)[O-])c1. The van der Waals surface area contributed by atoms with Gasteiger partial charge in [-0.05, 0) is 47.7 Å². The number of hydrogen-bond acceptors (Lipinski definition) is 7. The maximum atomic E-state index is 12.2. The summed E-state index contributed by atoms with van der Waals surface area (Å²) < 4.78 is 24.5. The Hall–Kier alpha value is -2.80. The number of aromatic amines is 1. The molecule has 1 N–H and O–H groups in total. The van der Waals surface area contributed by atoms with Gasteiger partial charge in [-0.15, -0.1) is 0 Å². The molecule has 1 aromatic carbocycles. The van der Waals surface area contributed by atoms with E-state index in [0.717, 1.165) is 36.2 Å². The Morgan fingerprint density at radius 1 is 1.28 bits per heavy atom. The van der Waals surface area contributed by atoms with Crippen molar-refractivity contribution in [1.82, 2.24) is 19.9 Å². The van der Waals surface area contributed by atoms with Crippen LogP contribution >= 0.6 is 0 Å². The third kappa shape index (κ3) is 3.09. The highest BCUT2D eigenvalue weighted by Gasteiger charge is 2.54. The Morgan fingerprint density at radius 3 is 2.90 bits per heavy atom. The first-order valence-electron chi connectivity index (χ1n) is 9.49. The van der Waals surface area contributed by atoms with Gasteiger partial charge in [0.15, 0.2) is 0 Å². The zero-order chi connectivity index (χ0) is 20.0. The summed E-state index contributed by atoms with van der Waals surface area (Å²) >= 11 is -2.32. The molecule has 3 heterocycles. The molecule has 2 unspecified atom stereocenters. The van der Waals surface area contributed by atoms with Gasteiger partial charge in [-0.25, -0.2) is 9.97 Å². The summed E-state index contributed by atoms with van der Waals surface area (Å²) in [5.74, 6) is 0.883. The Labute approximate surface area is 170 Å². The lowest BCUT2D eigenvalue weighted by atomic mass is 10.1. The van der Waals surface area contributed by atoms with Crippen LogP contribution in [0.3, 0.4) is 0 Å². The number of H-pyrrole nitrogens is 1. The maximum Gasteiger partial charge on any atom is 0.142 e. The van der Waals surface area contributed by atoms with E-state index in [4.69, 9.17) is 0 Å². The number of nitrogens with zero attached hydrogens (tertiary/aromatic N) is 5. The highest BCUT2D eigenvalue weighted by Crippen LogP contribution is 2.49. The topological polar surface area (TPSA) is 112 Å². The fourth-order valence-corrected chi connectivity index (χ4v) is 5.30. The number of hydrogen-bond donors (Lipinski definition) is 1. The number of aromatic nitrogens is 3. The van der Waals surface area contributed by atoms with Gasteiger partial charge in [-0.2, -0.15) is 5.26 Å². The molecule has 9 heteroatoms. The number of nitriles is 1. The molecule has 0 bridgehead atoms. The van der Waals surface area contributed by atoms with Crippen LogP contribution in [0, 0.1) is 11.3 Å². The summed E-state index contributed by atoms with van der Waals surface area (Å²) in [6.07, 6.45) is 5.29. The van der Waals surface area contributed by atoms with Crippen molar-refractivity contribution in [2.45, 2.75) is 23.8 Å². The van der Waals surface area contributed by atoms with Crippen LogP contribution in [0.4, 0.5) is 5.82 Å². The maximum absolute atomic E-state index is 12.2. The van der Waals surface area contributed by atoms with Gasteiger partial charge in [0, 0.05) is 31.4 Å². The fourth-order valence-electron chi connectivity index (χ4n) is 4.39. The van der Waals surface area contributed by atoms with Crippen LogP contribution in [0.1, 0.15) is 29.3 Å². The molecular weight excluding hydrogens is 388 g/mol. The Kier molecular flexibility index (Phi) is 4.35. The zero-order valence-electron chi connectivity index (χ0n) is 15.6. The van der Waals surface area contributed by atoms with Gasteiger partial charge >= 0.3 is 0 Å². The molecule has 1 saturated carbocycles. The molecule has 148 valence electrons. The zero-order valence-corrected chi connectivity index (χ0v) is 16.4. The Bertz CT molecular complexity index is 1140. The van der Waals surface area contributed by atoms with Crippen molar-refractivity contribution in [3.8, 4) is 6.07 Å². The van der Waals surface area contributed by atoms with E-state index in [1.165, 1.54) is 0 Å². The third-order valence-electron chi connectivity index (χ3n) is 5.93. The van der Waals surface area contributed by atoms with E-state index in [9.17, 15) is 14.0 Å². The second kappa shape index (κ2) is 6.91. The fraction of sp³-hybridized carbons (Fsp3) is 0.350. The minimum absolute atomic E-state index is 0.195. The molecule has 29 heavy (non-hydrogen) atoms. The van der Waals surface area contributed by atoms with Crippen LogP contribution in [0.5, 0.6) is 0 Å². The van der Waals surface area contributed by atoms with E-state index in [1.54, 1.807) is 30.6 Å². The van der Waals surface area contributed by atoms with Gasteiger partial charge in [0.2, 0.25) is 0 Å². The number of nitrogens with one attached hydrogen (secondary N) is 1. The lowest BCUT2D eigenvalue weighted by Gasteiger charge is -2.47. The third-order valence-corrected chi connectivity index (χ3v) is 6.82. The molecule has 3 aromatic rings. The van der Waals surface area contributed by atoms with Gasteiger partial charge in [-0.3, -0.25) is 9.11 Å². The van der Waals surface area contributed by atoms with Crippen molar-refractivity contribution < 1.29 is 8.76 Å². The number of anilines is 1. The average Bonchev–Trinajstić information content (AvgIpc) is 3.32. The van der Waals surface area contributed by atoms with Gasteiger partial charge in [0.1, 0.15) is 17.8 Å². The van der Waals surface area contributed by atoms with E-state index in [1.807, 2.05) is 12.3 Å². The number of benzene rings is 1. The van der Waals surface area contributed by atoms with E-state index >= 15 is 0 Å². The molecule has 1 spiro atoms. The first-order chi connectivity index (χ1) is 14.1. The molecule has 1 saturated heterocycles. The van der Waals surface area contributed by atoms with E-state index in [-0.39, 0.29) is 5.54 Å².